The number of carbonyl (C=O) groups is 1. The van der Waals surface area contributed by atoms with E-state index in [1.165, 1.54) is 12.4 Å². The summed E-state index contributed by atoms with van der Waals surface area (Å²) >= 11 is 0. The van der Waals surface area contributed by atoms with Gasteiger partial charge in [0.2, 0.25) is 5.91 Å². The fraction of sp³-hybridized carbons (Fsp3) is 0.263. The highest BCUT2D eigenvalue weighted by Gasteiger charge is 2.30. The second-order valence-corrected chi connectivity index (χ2v) is 8.22. The van der Waals surface area contributed by atoms with Crippen molar-refractivity contribution in [1.29, 1.82) is 0 Å². The monoisotopic (exact) mass is 371 g/mol. The number of rotatable bonds is 5. The second-order valence-electron chi connectivity index (χ2n) is 6.36. The van der Waals surface area contributed by atoms with E-state index >= 15 is 0 Å². The molecule has 0 fully saturated rings. The molecule has 26 heavy (non-hydrogen) atoms. The number of carbonyl (C=O) groups excluding carboxylic acids is 1. The van der Waals surface area contributed by atoms with Crippen molar-refractivity contribution < 1.29 is 13.2 Å². The molecule has 2 aromatic rings. The summed E-state index contributed by atoms with van der Waals surface area (Å²) in [6, 6.07) is 14.4. The van der Waals surface area contributed by atoms with Gasteiger partial charge in [0.1, 0.15) is 17.8 Å². The van der Waals surface area contributed by atoms with E-state index in [2.05, 4.69) is 10.3 Å². The Morgan fingerprint density at radius 2 is 1.85 bits per heavy atom. The number of aliphatic imine (C=N–C) groups is 1. The van der Waals surface area contributed by atoms with Crippen LogP contribution in [0.2, 0.25) is 0 Å². The third-order valence-corrected chi connectivity index (χ3v) is 6.01. The minimum atomic E-state index is -3.76. The Hall–Kier alpha value is -2.67. The van der Waals surface area contributed by atoms with E-state index in [1.54, 1.807) is 18.2 Å². The quantitative estimate of drug-likeness (QED) is 0.877. The Labute approximate surface area is 153 Å². The van der Waals surface area contributed by atoms with E-state index < -0.39 is 10.0 Å². The first-order valence-electron chi connectivity index (χ1n) is 8.37. The van der Waals surface area contributed by atoms with Crippen molar-refractivity contribution in [3.05, 3.63) is 59.7 Å². The minimum absolute atomic E-state index is 0.111. The highest BCUT2D eigenvalue weighted by molar-refractivity contribution is 7.89. The lowest BCUT2D eigenvalue weighted by Gasteiger charge is -2.24. The molecule has 1 amide bonds. The Balaban J connectivity index is 1.65. The van der Waals surface area contributed by atoms with Crippen LogP contribution >= 0.6 is 0 Å². The molecule has 7 heteroatoms. The number of amides is 1. The van der Waals surface area contributed by atoms with Crippen molar-refractivity contribution in [3.63, 3.8) is 0 Å². The Bertz CT molecular complexity index is 954. The van der Waals surface area contributed by atoms with E-state index in [1.807, 2.05) is 38.1 Å². The smallest absolute Gasteiger partial charge is 0.267 e. The predicted octanol–water partition coefficient (Wildman–Crippen LogP) is 2.41. The molecule has 2 aromatic carbocycles. The van der Waals surface area contributed by atoms with Crippen LogP contribution in [0.25, 0.3) is 0 Å². The van der Waals surface area contributed by atoms with Crippen LogP contribution in [0.3, 0.4) is 0 Å². The summed E-state index contributed by atoms with van der Waals surface area (Å²) in [5.41, 5.74) is 2.70. The zero-order valence-electron chi connectivity index (χ0n) is 14.7. The Morgan fingerprint density at radius 1 is 1.15 bits per heavy atom. The molecule has 0 radical (unpaired) electrons. The first-order chi connectivity index (χ1) is 12.4. The molecule has 1 N–H and O–H groups in total. The molecular weight excluding hydrogens is 350 g/mol. The van der Waals surface area contributed by atoms with Crippen molar-refractivity contribution >= 4 is 28.0 Å². The maximum atomic E-state index is 12.6. The van der Waals surface area contributed by atoms with Gasteiger partial charge < -0.3 is 5.32 Å². The fourth-order valence-electron chi connectivity index (χ4n) is 2.90. The molecular formula is C19H21N3O3S. The molecule has 0 bridgehead atoms. The molecule has 6 nitrogen and oxygen atoms in total. The van der Waals surface area contributed by atoms with Gasteiger partial charge >= 0.3 is 0 Å². The summed E-state index contributed by atoms with van der Waals surface area (Å²) in [4.78, 5) is 16.6. The zero-order chi connectivity index (χ0) is 18.7. The van der Waals surface area contributed by atoms with E-state index in [-0.39, 0.29) is 23.4 Å². The topological polar surface area (TPSA) is 78.8 Å². The molecule has 0 unspecified atom stereocenters. The van der Waals surface area contributed by atoms with Gasteiger partial charge in [-0.15, -0.1) is 0 Å². The van der Waals surface area contributed by atoms with Crippen molar-refractivity contribution in [2.45, 2.75) is 31.2 Å². The summed E-state index contributed by atoms with van der Waals surface area (Å²) < 4.78 is 26.2. The van der Waals surface area contributed by atoms with Gasteiger partial charge in [0, 0.05) is 6.04 Å². The summed E-state index contributed by atoms with van der Waals surface area (Å²) in [6.07, 6.45) is 1.88. The molecule has 1 aliphatic heterocycles. The summed E-state index contributed by atoms with van der Waals surface area (Å²) in [5, 5.41) is 2.86. The first kappa shape index (κ1) is 18.1. The summed E-state index contributed by atoms with van der Waals surface area (Å²) in [6.45, 7) is 3.63. The molecule has 0 saturated heterocycles. The predicted molar refractivity (Wildman–Crippen MR) is 101 cm³/mol. The van der Waals surface area contributed by atoms with Gasteiger partial charge in [-0.2, -0.15) is 0 Å². The molecule has 0 spiro atoms. The van der Waals surface area contributed by atoms with Crippen molar-refractivity contribution in [3.8, 4) is 0 Å². The van der Waals surface area contributed by atoms with Crippen LogP contribution in [0, 0.1) is 6.92 Å². The molecule has 136 valence electrons. The lowest BCUT2D eigenvalue weighted by atomic mass is 10.0. The normalized spacial score (nSPS) is 16.0. The lowest BCUT2D eigenvalue weighted by molar-refractivity contribution is -0.121. The average Bonchev–Trinajstić information content (AvgIpc) is 2.60. The number of nitrogens with one attached hydrogen (secondary N) is 1. The second kappa shape index (κ2) is 7.29. The Kier molecular flexibility index (Phi) is 5.08. The van der Waals surface area contributed by atoms with Gasteiger partial charge in [0.25, 0.3) is 10.0 Å². The van der Waals surface area contributed by atoms with Crippen LogP contribution in [-0.2, 0) is 21.2 Å². The van der Waals surface area contributed by atoms with Gasteiger partial charge in [0.15, 0.2) is 0 Å². The molecule has 1 aliphatic rings. The van der Waals surface area contributed by atoms with Crippen molar-refractivity contribution in [2.24, 2.45) is 4.99 Å². The van der Waals surface area contributed by atoms with Gasteiger partial charge in [-0.05, 0) is 43.5 Å². The van der Waals surface area contributed by atoms with E-state index in [4.69, 9.17) is 0 Å². The SMILES string of the molecule is Cc1ccccc1C[C@@H](C)NC(=O)CN1C=Nc2ccccc2S1(=O)=O. The van der Waals surface area contributed by atoms with Crippen LogP contribution in [-0.4, -0.2) is 37.6 Å². The van der Waals surface area contributed by atoms with E-state index in [9.17, 15) is 13.2 Å². The van der Waals surface area contributed by atoms with Gasteiger partial charge in [-0.3, -0.25) is 4.79 Å². The molecule has 0 aromatic heterocycles. The van der Waals surface area contributed by atoms with Crippen LogP contribution in [0.15, 0.2) is 58.4 Å². The average molecular weight is 371 g/mol. The van der Waals surface area contributed by atoms with Crippen molar-refractivity contribution in [2.75, 3.05) is 6.54 Å². The number of hydrogen-bond acceptors (Lipinski definition) is 4. The third-order valence-electron chi connectivity index (χ3n) is 4.27. The van der Waals surface area contributed by atoms with Crippen molar-refractivity contribution in [1.82, 2.24) is 9.62 Å². The Morgan fingerprint density at radius 3 is 2.62 bits per heavy atom. The standard InChI is InChI=1S/C19H21N3O3S/c1-14-7-3-4-8-16(14)11-15(2)21-19(23)12-22-13-20-17-9-5-6-10-18(17)26(22,24)25/h3-10,13,15H,11-12H2,1-2H3,(H,21,23)/t15-/m1/s1. The number of sulfonamides is 1. The fourth-order valence-corrected chi connectivity index (χ4v) is 4.25. The minimum Gasteiger partial charge on any atom is -0.352 e. The maximum Gasteiger partial charge on any atom is 0.267 e. The van der Waals surface area contributed by atoms with Crippen LogP contribution in [0.1, 0.15) is 18.1 Å². The van der Waals surface area contributed by atoms with Gasteiger partial charge in [-0.1, -0.05) is 36.4 Å². The number of aryl methyl sites for hydroxylation is 1. The number of benzene rings is 2. The highest BCUT2D eigenvalue weighted by Crippen LogP contribution is 2.29. The van der Waals surface area contributed by atoms with Crippen LogP contribution in [0.5, 0.6) is 0 Å². The largest absolute Gasteiger partial charge is 0.352 e. The zero-order valence-corrected chi connectivity index (χ0v) is 15.5. The molecule has 1 heterocycles. The first-order valence-corrected chi connectivity index (χ1v) is 9.81. The van der Waals surface area contributed by atoms with E-state index in [0.717, 1.165) is 15.4 Å². The van der Waals surface area contributed by atoms with Gasteiger partial charge in [-0.25, -0.2) is 17.7 Å². The van der Waals surface area contributed by atoms with Crippen LogP contribution < -0.4 is 5.32 Å². The summed E-state index contributed by atoms with van der Waals surface area (Å²) in [5.74, 6) is -0.361. The third kappa shape index (κ3) is 3.77. The van der Waals surface area contributed by atoms with E-state index in [0.29, 0.717) is 12.1 Å². The highest BCUT2D eigenvalue weighted by atomic mass is 32.2. The molecule has 0 saturated carbocycles. The lowest BCUT2D eigenvalue weighted by Crippen LogP contribution is -2.44. The summed E-state index contributed by atoms with van der Waals surface area (Å²) in [7, 11) is -3.76. The molecule has 3 rings (SSSR count). The number of nitrogens with zero attached hydrogens (tertiary/aromatic N) is 2. The number of para-hydroxylation sites is 1. The van der Waals surface area contributed by atoms with Gasteiger partial charge in [0.05, 0.1) is 5.69 Å². The molecule has 0 aliphatic carbocycles. The number of fused-ring (bicyclic) bond motifs is 1. The molecule has 1 atom stereocenters. The maximum absolute atomic E-state index is 12.6. The van der Waals surface area contributed by atoms with Crippen LogP contribution in [0.4, 0.5) is 5.69 Å². The number of hydrogen-bond donors (Lipinski definition) is 1.